The van der Waals surface area contributed by atoms with Crippen molar-refractivity contribution in [3.8, 4) is 0 Å². The van der Waals surface area contributed by atoms with Gasteiger partial charge in [-0.25, -0.2) is 0 Å². The van der Waals surface area contributed by atoms with Gasteiger partial charge in [0.05, 0.1) is 6.54 Å². The van der Waals surface area contributed by atoms with Gasteiger partial charge in [0.1, 0.15) is 0 Å². The second-order valence-electron chi connectivity index (χ2n) is 0.965. The Balaban J connectivity index is 2.97. The highest BCUT2D eigenvalue weighted by molar-refractivity contribution is 7.40. The quantitative estimate of drug-likeness (QED) is 0.388. The number of carbonyl (C=O) groups is 2. The summed E-state index contributed by atoms with van der Waals surface area (Å²) in [6.07, 6.45) is 0.488. The molecule has 0 saturated heterocycles. The predicted octanol–water partition coefficient (Wildman–Crippen LogP) is -0.866. The summed E-state index contributed by atoms with van der Waals surface area (Å²) in [5, 5.41) is 2.20. The molecule has 0 saturated carbocycles. The zero-order valence-electron chi connectivity index (χ0n) is 3.68. The lowest BCUT2D eigenvalue weighted by atomic mass is 10.7. The summed E-state index contributed by atoms with van der Waals surface area (Å²) in [6, 6.07) is 0. The standard InChI is InChI=1S/C3H6NO2P/c5-2-4-1-3(6)7/h2H,1,7H2,(H,4,5). The Labute approximate surface area is 43.7 Å². The minimum absolute atomic E-state index is 0.105. The van der Waals surface area contributed by atoms with E-state index in [9.17, 15) is 9.59 Å². The Bertz CT molecular complexity index is 83.0. The number of hydrogen-bond donors (Lipinski definition) is 1. The third kappa shape index (κ3) is 5.57. The molecule has 1 amide bonds. The molecular weight excluding hydrogens is 113 g/mol. The van der Waals surface area contributed by atoms with Crippen LogP contribution in [0.4, 0.5) is 0 Å². The van der Waals surface area contributed by atoms with Crippen molar-refractivity contribution in [2.45, 2.75) is 0 Å². The molecule has 7 heavy (non-hydrogen) atoms. The van der Waals surface area contributed by atoms with Crippen LogP contribution in [0.25, 0.3) is 0 Å². The van der Waals surface area contributed by atoms with Crippen molar-refractivity contribution >= 4 is 21.2 Å². The second kappa shape index (κ2) is 3.75. The van der Waals surface area contributed by atoms with Gasteiger partial charge >= 0.3 is 0 Å². The van der Waals surface area contributed by atoms with E-state index in [1.165, 1.54) is 0 Å². The molecule has 0 rings (SSSR count). The van der Waals surface area contributed by atoms with Gasteiger partial charge in [-0.3, -0.25) is 9.59 Å². The van der Waals surface area contributed by atoms with Crippen LogP contribution in [0.5, 0.6) is 0 Å². The lowest BCUT2D eigenvalue weighted by molar-refractivity contribution is -0.114. The highest BCUT2D eigenvalue weighted by Crippen LogP contribution is 1.77. The van der Waals surface area contributed by atoms with E-state index in [2.05, 4.69) is 5.32 Å². The van der Waals surface area contributed by atoms with Crippen LogP contribution in [-0.2, 0) is 9.59 Å². The van der Waals surface area contributed by atoms with E-state index in [1.54, 1.807) is 0 Å². The molecule has 0 aliphatic carbocycles. The highest BCUT2D eigenvalue weighted by Gasteiger charge is 1.85. The molecular formula is C3H6NO2P. The molecule has 4 heteroatoms. The normalized spacial score (nSPS) is 7.57. The molecule has 40 valence electrons. The first kappa shape index (κ1) is 6.57. The fourth-order valence-corrected chi connectivity index (χ4v) is 0.260. The third-order valence-corrected chi connectivity index (χ3v) is 0.564. The van der Waals surface area contributed by atoms with Crippen LogP contribution in [0.15, 0.2) is 0 Å². The zero-order chi connectivity index (χ0) is 5.70. The van der Waals surface area contributed by atoms with Gasteiger partial charge in [0.2, 0.25) is 6.41 Å². The number of nitrogens with one attached hydrogen (secondary N) is 1. The second-order valence-corrected chi connectivity index (χ2v) is 1.61. The average Bonchev–Trinajstić information content (AvgIpc) is 1.61. The Morgan fingerprint density at radius 2 is 2.43 bits per heavy atom. The van der Waals surface area contributed by atoms with E-state index in [0.29, 0.717) is 6.41 Å². The van der Waals surface area contributed by atoms with Crippen molar-refractivity contribution < 1.29 is 9.59 Å². The summed E-state index contributed by atoms with van der Waals surface area (Å²) < 4.78 is 0. The van der Waals surface area contributed by atoms with Crippen molar-refractivity contribution in [1.29, 1.82) is 0 Å². The van der Waals surface area contributed by atoms with Gasteiger partial charge in [-0.15, -0.1) is 0 Å². The van der Waals surface area contributed by atoms with E-state index in [4.69, 9.17) is 0 Å². The van der Waals surface area contributed by atoms with Crippen molar-refractivity contribution in [3.63, 3.8) is 0 Å². The van der Waals surface area contributed by atoms with E-state index < -0.39 is 0 Å². The third-order valence-electron chi connectivity index (χ3n) is 0.360. The molecule has 1 N–H and O–H groups in total. The van der Waals surface area contributed by atoms with E-state index in [0.717, 1.165) is 0 Å². The van der Waals surface area contributed by atoms with Crippen LogP contribution in [0.3, 0.4) is 0 Å². The number of amides is 1. The molecule has 0 aromatic carbocycles. The topological polar surface area (TPSA) is 46.2 Å². The van der Waals surface area contributed by atoms with Gasteiger partial charge in [-0.1, -0.05) is 9.24 Å². The van der Waals surface area contributed by atoms with Gasteiger partial charge in [0.25, 0.3) is 0 Å². The zero-order valence-corrected chi connectivity index (χ0v) is 4.83. The summed E-state index contributed by atoms with van der Waals surface area (Å²) in [5.41, 5.74) is -0.118. The summed E-state index contributed by atoms with van der Waals surface area (Å²) in [5.74, 6) is 0. The molecule has 0 aliphatic heterocycles. The van der Waals surface area contributed by atoms with Gasteiger partial charge in [-0.2, -0.15) is 0 Å². The molecule has 1 unspecified atom stereocenters. The van der Waals surface area contributed by atoms with Crippen molar-refractivity contribution in [1.82, 2.24) is 5.32 Å². The van der Waals surface area contributed by atoms with Crippen LogP contribution in [0.2, 0.25) is 0 Å². The Morgan fingerprint density at radius 3 is 2.57 bits per heavy atom. The summed E-state index contributed by atoms with van der Waals surface area (Å²) >= 11 is 0. The van der Waals surface area contributed by atoms with Crippen LogP contribution >= 0.6 is 9.24 Å². The molecule has 0 aliphatic rings. The lowest BCUT2D eigenvalue weighted by Crippen LogP contribution is -2.16. The molecule has 0 fully saturated rings. The first-order chi connectivity index (χ1) is 3.27. The van der Waals surface area contributed by atoms with Gasteiger partial charge in [0, 0.05) is 0 Å². The predicted molar refractivity (Wildman–Crippen MR) is 28.8 cm³/mol. The fraction of sp³-hybridized carbons (Fsp3) is 0.333. The van der Waals surface area contributed by atoms with E-state index in [1.807, 2.05) is 9.24 Å². The Kier molecular flexibility index (Phi) is 3.52. The van der Waals surface area contributed by atoms with Crippen LogP contribution in [0.1, 0.15) is 0 Å². The minimum atomic E-state index is -0.118. The smallest absolute Gasteiger partial charge is 0.207 e. The molecule has 0 aromatic rings. The molecule has 0 heterocycles. The number of rotatable bonds is 3. The van der Waals surface area contributed by atoms with Crippen molar-refractivity contribution in [2.24, 2.45) is 0 Å². The number of carbonyl (C=O) groups excluding carboxylic acids is 2. The first-order valence-corrected chi connectivity index (χ1v) is 2.30. The van der Waals surface area contributed by atoms with Crippen LogP contribution in [0, 0.1) is 0 Å². The summed E-state index contributed by atoms with van der Waals surface area (Å²) in [4.78, 5) is 19.4. The molecule has 0 aromatic heterocycles. The van der Waals surface area contributed by atoms with Crippen LogP contribution in [-0.4, -0.2) is 18.5 Å². The minimum Gasteiger partial charge on any atom is -0.351 e. The average molecular weight is 119 g/mol. The SMILES string of the molecule is O=CNCC(=O)P. The maximum absolute atomic E-state index is 9.94. The Morgan fingerprint density at radius 1 is 1.86 bits per heavy atom. The van der Waals surface area contributed by atoms with Gasteiger partial charge in [-0.05, 0) is 0 Å². The molecule has 0 spiro atoms. The summed E-state index contributed by atoms with van der Waals surface area (Å²) in [6.45, 7) is 0.105. The first-order valence-electron chi connectivity index (χ1n) is 1.72. The molecule has 3 nitrogen and oxygen atoms in total. The molecule has 0 bridgehead atoms. The highest BCUT2D eigenvalue weighted by atomic mass is 31.0. The van der Waals surface area contributed by atoms with E-state index >= 15 is 0 Å². The van der Waals surface area contributed by atoms with Crippen molar-refractivity contribution in [2.75, 3.05) is 6.54 Å². The monoisotopic (exact) mass is 119 g/mol. The fourth-order valence-electron chi connectivity index (χ4n) is 0.142. The van der Waals surface area contributed by atoms with Crippen LogP contribution < -0.4 is 5.32 Å². The maximum Gasteiger partial charge on any atom is 0.207 e. The van der Waals surface area contributed by atoms with Gasteiger partial charge in [0.15, 0.2) is 5.52 Å². The maximum atomic E-state index is 9.94. The van der Waals surface area contributed by atoms with Gasteiger partial charge < -0.3 is 5.32 Å². The molecule has 0 radical (unpaired) electrons. The van der Waals surface area contributed by atoms with E-state index in [-0.39, 0.29) is 12.1 Å². The largest absolute Gasteiger partial charge is 0.351 e. The lowest BCUT2D eigenvalue weighted by Gasteiger charge is -1.86. The van der Waals surface area contributed by atoms with Crippen molar-refractivity contribution in [3.05, 3.63) is 0 Å². The summed E-state index contributed by atoms with van der Waals surface area (Å²) in [7, 11) is 1.95. The number of hydrogen-bond acceptors (Lipinski definition) is 2. The Hall–Kier alpha value is -0.430. The molecule has 1 atom stereocenters.